The summed E-state index contributed by atoms with van der Waals surface area (Å²) in [5.74, 6) is 1.01. The van der Waals surface area contributed by atoms with Gasteiger partial charge in [-0.1, -0.05) is 24.3 Å². The van der Waals surface area contributed by atoms with Crippen LogP contribution in [0.4, 0.5) is 0 Å². The van der Waals surface area contributed by atoms with Crippen LogP contribution in [-0.4, -0.2) is 21.9 Å². The number of carbonyl (C=O) groups excluding carboxylic acids is 1. The topological polar surface area (TPSA) is 38.4 Å². The van der Waals surface area contributed by atoms with Crippen LogP contribution in [0.15, 0.2) is 53.1 Å². The van der Waals surface area contributed by atoms with Gasteiger partial charge in [0.05, 0.1) is 18.4 Å². The lowest BCUT2D eigenvalue weighted by Gasteiger charge is -2.29. The summed E-state index contributed by atoms with van der Waals surface area (Å²) in [5, 5.41) is 0. The van der Waals surface area contributed by atoms with E-state index in [0.717, 1.165) is 35.7 Å². The van der Waals surface area contributed by atoms with Crippen molar-refractivity contribution in [3.8, 4) is 0 Å². The summed E-state index contributed by atoms with van der Waals surface area (Å²) < 4.78 is 7.60. The number of aromatic nitrogens is 1. The van der Waals surface area contributed by atoms with Gasteiger partial charge in [0.2, 0.25) is 0 Å². The molecule has 1 aliphatic heterocycles. The molecule has 0 bridgehead atoms. The summed E-state index contributed by atoms with van der Waals surface area (Å²) in [7, 11) is 0. The minimum atomic E-state index is 0.119. The van der Waals surface area contributed by atoms with E-state index in [1.165, 1.54) is 11.1 Å². The summed E-state index contributed by atoms with van der Waals surface area (Å²) in [6.45, 7) is 6.18. The minimum absolute atomic E-state index is 0.119. The molecule has 4 heteroatoms. The zero-order valence-electron chi connectivity index (χ0n) is 14.7. The highest BCUT2D eigenvalue weighted by atomic mass is 16.3. The Morgan fingerprint density at radius 2 is 1.92 bits per heavy atom. The molecule has 3 aromatic rings. The van der Waals surface area contributed by atoms with Crippen LogP contribution in [-0.2, 0) is 19.5 Å². The highest BCUT2D eigenvalue weighted by Crippen LogP contribution is 2.23. The smallest absolute Gasteiger partial charge is 0.255 e. The number of benzene rings is 1. The normalized spacial score (nSPS) is 13.8. The third-order valence-electron chi connectivity index (χ3n) is 5.12. The Labute approximate surface area is 147 Å². The molecule has 0 N–H and O–H groups in total. The Hall–Kier alpha value is -2.75. The molecule has 25 heavy (non-hydrogen) atoms. The monoisotopic (exact) mass is 334 g/mol. The minimum Gasteiger partial charge on any atom is -0.467 e. The first-order valence-corrected chi connectivity index (χ1v) is 8.68. The molecule has 0 aliphatic carbocycles. The van der Waals surface area contributed by atoms with Crippen molar-refractivity contribution < 1.29 is 9.21 Å². The molecule has 0 unspecified atom stereocenters. The van der Waals surface area contributed by atoms with Gasteiger partial charge >= 0.3 is 0 Å². The number of hydrogen-bond acceptors (Lipinski definition) is 2. The molecule has 3 heterocycles. The molecule has 1 aliphatic rings. The summed E-state index contributed by atoms with van der Waals surface area (Å²) in [6.07, 6.45) is 2.60. The molecular formula is C21H22N2O2. The zero-order valence-corrected chi connectivity index (χ0v) is 14.7. The van der Waals surface area contributed by atoms with Crippen molar-refractivity contribution in [2.75, 3.05) is 6.54 Å². The SMILES string of the molecule is Cc1cc(C(=O)N2CCc3ccccc3C2)c(C)n1Cc1ccco1. The second-order valence-electron chi connectivity index (χ2n) is 6.70. The summed E-state index contributed by atoms with van der Waals surface area (Å²) in [5.41, 5.74) is 5.48. The molecule has 4 rings (SSSR count). The Bertz CT molecular complexity index is 906. The van der Waals surface area contributed by atoms with Crippen molar-refractivity contribution >= 4 is 5.91 Å². The maximum Gasteiger partial charge on any atom is 0.255 e. The van der Waals surface area contributed by atoms with Crippen LogP contribution in [0.3, 0.4) is 0 Å². The van der Waals surface area contributed by atoms with E-state index in [-0.39, 0.29) is 5.91 Å². The van der Waals surface area contributed by atoms with E-state index in [1.54, 1.807) is 6.26 Å². The third-order valence-corrected chi connectivity index (χ3v) is 5.12. The van der Waals surface area contributed by atoms with Crippen LogP contribution < -0.4 is 0 Å². The van der Waals surface area contributed by atoms with E-state index in [0.29, 0.717) is 13.1 Å². The van der Waals surface area contributed by atoms with E-state index in [2.05, 4.69) is 22.8 Å². The molecule has 0 saturated carbocycles. The average molecular weight is 334 g/mol. The molecule has 1 amide bonds. The maximum atomic E-state index is 13.1. The highest BCUT2D eigenvalue weighted by Gasteiger charge is 2.25. The van der Waals surface area contributed by atoms with Crippen LogP contribution in [0.2, 0.25) is 0 Å². The Morgan fingerprint density at radius 1 is 1.12 bits per heavy atom. The molecule has 0 fully saturated rings. The fourth-order valence-corrected chi connectivity index (χ4v) is 3.66. The van der Waals surface area contributed by atoms with Gasteiger partial charge in [0, 0.05) is 24.5 Å². The molecule has 0 atom stereocenters. The number of carbonyl (C=O) groups is 1. The number of rotatable bonds is 3. The lowest BCUT2D eigenvalue weighted by atomic mass is 9.99. The van der Waals surface area contributed by atoms with Crippen molar-refractivity contribution in [2.45, 2.75) is 33.4 Å². The third kappa shape index (κ3) is 2.88. The van der Waals surface area contributed by atoms with Gasteiger partial charge in [-0.05, 0) is 49.6 Å². The predicted octanol–water partition coefficient (Wildman–Crippen LogP) is 3.94. The first kappa shape index (κ1) is 15.8. The van der Waals surface area contributed by atoms with E-state index < -0.39 is 0 Å². The average Bonchev–Trinajstić information content (AvgIpc) is 3.24. The molecular weight excluding hydrogens is 312 g/mol. The van der Waals surface area contributed by atoms with Gasteiger partial charge < -0.3 is 13.9 Å². The predicted molar refractivity (Wildman–Crippen MR) is 96.6 cm³/mol. The molecule has 0 saturated heterocycles. The van der Waals surface area contributed by atoms with Gasteiger partial charge in [0.1, 0.15) is 5.76 Å². The second-order valence-corrected chi connectivity index (χ2v) is 6.70. The zero-order chi connectivity index (χ0) is 17.4. The van der Waals surface area contributed by atoms with Crippen molar-refractivity contribution in [2.24, 2.45) is 0 Å². The molecule has 0 radical (unpaired) electrons. The molecule has 128 valence electrons. The number of hydrogen-bond donors (Lipinski definition) is 0. The lowest BCUT2D eigenvalue weighted by molar-refractivity contribution is 0.0734. The standard InChI is InChI=1S/C21H22N2O2/c1-15-12-20(16(2)23(15)14-19-8-5-11-25-19)21(24)22-10-9-17-6-3-4-7-18(17)13-22/h3-8,11-12H,9-10,13-14H2,1-2H3. The van der Waals surface area contributed by atoms with Crippen molar-refractivity contribution in [1.29, 1.82) is 0 Å². The van der Waals surface area contributed by atoms with Gasteiger partial charge in [-0.15, -0.1) is 0 Å². The Morgan fingerprint density at radius 3 is 2.68 bits per heavy atom. The van der Waals surface area contributed by atoms with Gasteiger partial charge in [-0.3, -0.25) is 4.79 Å². The number of amides is 1. The highest BCUT2D eigenvalue weighted by molar-refractivity contribution is 5.95. The molecule has 1 aromatic carbocycles. The first-order chi connectivity index (χ1) is 12.1. The van der Waals surface area contributed by atoms with Gasteiger partial charge in [-0.25, -0.2) is 0 Å². The Kier molecular flexibility index (Phi) is 3.96. The quantitative estimate of drug-likeness (QED) is 0.727. The second kappa shape index (κ2) is 6.28. The van der Waals surface area contributed by atoms with Crippen molar-refractivity contribution in [3.63, 3.8) is 0 Å². The van der Waals surface area contributed by atoms with Crippen LogP contribution in [0.25, 0.3) is 0 Å². The van der Waals surface area contributed by atoms with Gasteiger partial charge in [0.15, 0.2) is 0 Å². The molecule has 0 spiro atoms. The van der Waals surface area contributed by atoms with Gasteiger partial charge in [-0.2, -0.15) is 0 Å². The van der Waals surface area contributed by atoms with Crippen LogP contribution >= 0.6 is 0 Å². The lowest BCUT2D eigenvalue weighted by Crippen LogP contribution is -2.36. The van der Waals surface area contributed by atoms with E-state index >= 15 is 0 Å². The van der Waals surface area contributed by atoms with E-state index in [4.69, 9.17) is 4.42 Å². The fourth-order valence-electron chi connectivity index (χ4n) is 3.66. The molecule has 2 aromatic heterocycles. The maximum absolute atomic E-state index is 13.1. The summed E-state index contributed by atoms with van der Waals surface area (Å²) in [6, 6.07) is 14.2. The van der Waals surface area contributed by atoms with Crippen LogP contribution in [0.1, 0.15) is 38.6 Å². The van der Waals surface area contributed by atoms with Crippen molar-refractivity contribution in [1.82, 2.24) is 9.47 Å². The number of nitrogens with zero attached hydrogens (tertiary/aromatic N) is 2. The largest absolute Gasteiger partial charge is 0.467 e. The number of furan rings is 1. The van der Waals surface area contributed by atoms with Crippen molar-refractivity contribution in [3.05, 3.63) is 82.6 Å². The van der Waals surface area contributed by atoms with E-state index in [9.17, 15) is 4.79 Å². The molecule has 4 nitrogen and oxygen atoms in total. The first-order valence-electron chi connectivity index (χ1n) is 8.68. The Balaban J connectivity index is 1.59. The van der Waals surface area contributed by atoms with Gasteiger partial charge in [0.25, 0.3) is 5.91 Å². The number of aryl methyl sites for hydroxylation is 1. The van der Waals surface area contributed by atoms with Crippen LogP contribution in [0, 0.1) is 13.8 Å². The summed E-state index contributed by atoms with van der Waals surface area (Å²) >= 11 is 0. The fraction of sp³-hybridized carbons (Fsp3) is 0.286. The number of fused-ring (bicyclic) bond motifs is 1. The summed E-state index contributed by atoms with van der Waals surface area (Å²) in [4.78, 5) is 15.0. The van der Waals surface area contributed by atoms with E-state index in [1.807, 2.05) is 43.0 Å². The van der Waals surface area contributed by atoms with Crippen LogP contribution in [0.5, 0.6) is 0 Å².